The van der Waals surface area contributed by atoms with Gasteiger partial charge in [-0.3, -0.25) is 0 Å². The van der Waals surface area contributed by atoms with Crippen LogP contribution in [0.3, 0.4) is 0 Å². The predicted octanol–water partition coefficient (Wildman–Crippen LogP) is 2.00. The first-order valence-electron chi connectivity index (χ1n) is 6.37. The summed E-state index contributed by atoms with van der Waals surface area (Å²) in [4.78, 5) is 0.0337. The van der Waals surface area contributed by atoms with Gasteiger partial charge in [0.2, 0.25) is 0 Å². The van der Waals surface area contributed by atoms with E-state index >= 15 is 0 Å². The summed E-state index contributed by atoms with van der Waals surface area (Å²) in [6.07, 6.45) is 1.12. The minimum absolute atomic E-state index is 0.0337. The lowest BCUT2D eigenvalue weighted by Crippen LogP contribution is -2.08. The van der Waals surface area contributed by atoms with Gasteiger partial charge in [0, 0.05) is 17.8 Å². The summed E-state index contributed by atoms with van der Waals surface area (Å²) in [6.45, 7) is 2.76. The number of nitrogens with one attached hydrogen (secondary N) is 1. The molecule has 1 aromatic carbocycles. The number of sulfone groups is 1. The first-order chi connectivity index (χ1) is 9.82. The number of hydrogen-bond donors (Lipinski definition) is 2. The van der Waals surface area contributed by atoms with E-state index in [0.717, 1.165) is 11.8 Å². The highest BCUT2D eigenvalue weighted by molar-refractivity contribution is 7.91. The molecule has 0 aliphatic rings. The average molecular weight is 329 g/mol. The molecule has 114 valence electrons. The Morgan fingerprint density at radius 2 is 2.14 bits per heavy atom. The molecule has 0 spiro atoms. The van der Waals surface area contributed by atoms with Crippen molar-refractivity contribution >= 4 is 33.1 Å². The van der Waals surface area contributed by atoms with E-state index in [9.17, 15) is 8.42 Å². The molecule has 0 aliphatic heterocycles. The van der Waals surface area contributed by atoms with Crippen LogP contribution in [0.4, 0.5) is 11.6 Å². The highest BCUT2D eigenvalue weighted by Crippen LogP contribution is 2.27. The average Bonchev–Trinajstić information content (AvgIpc) is 2.66. The second-order valence-electron chi connectivity index (χ2n) is 4.65. The molecule has 3 N–H and O–H groups in total. The van der Waals surface area contributed by atoms with Crippen molar-refractivity contribution in [2.24, 2.45) is 0 Å². The van der Waals surface area contributed by atoms with E-state index in [-0.39, 0.29) is 16.5 Å². The van der Waals surface area contributed by atoms with Gasteiger partial charge >= 0.3 is 0 Å². The highest BCUT2D eigenvalue weighted by Gasteiger charge is 2.23. The fourth-order valence-electron chi connectivity index (χ4n) is 2.04. The molecule has 0 bridgehead atoms. The first-order valence-corrected chi connectivity index (χ1v) is 8.64. The third-order valence-corrected chi connectivity index (χ3v) is 4.26. The zero-order valence-electron chi connectivity index (χ0n) is 11.8. The SMILES string of the molecule is CCNc1nn(Cc2cccc(Cl)c2)c(N)c1S(C)(=O)=O. The quantitative estimate of drug-likeness (QED) is 0.876. The largest absolute Gasteiger partial charge is 0.383 e. The number of nitrogens with two attached hydrogens (primary N) is 1. The number of benzene rings is 1. The monoisotopic (exact) mass is 328 g/mol. The Bertz CT molecular complexity index is 756. The smallest absolute Gasteiger partial charge is 0.182 e. The lowest BCUT2D eigenvalue weighted by atomic mass is 10.2. The third-order valence-electron chi connectivity index (χ3n) is 2.88. The van der Waals surface area contributed by atoms with Crippen LogP contribution in [0.25, 0.3) is 0 Å². The molecule has 0 amide bonds. The standard InChI is InChI=1S/C13H17ClN4O2S/c1-3-16-13-11(21(2,19)20)12(15)18(17-13)8-9-5-4-6-10(14)7-9/h4-7H,3,8,15H2,1-2H3,(H,16,17). The zero-order valence-corrected chi connectivity index (χ0v) is 13.4. The van der Waals surface area contributed by atoms with E-state index in [1.165, 1.54) is 4.68 Å². The van der Waals surface area contributed by atoms with E-state index in [4.69, 9.17) is 17.3 Å². The Labute approximate surface area is 128 Å². The van der Waals surface area contributed by atoms with Crippen LogP contribution in [0, 0.1) is 0 Å². The molecule has 8 heteroatoms. The van der Waals surface area contributed by atoms with Crippen molar-refractivity contribution in [1.29, 1.82) is 0 Å². The number of anilines is 2. The number of nitrogens with zero attached hydrogens (tertiary/aromatic N) is 2. The van der Waals surface area contributed by atoms with Crippen molar-refractivity contribution in [2.75, 3.05) is 23.9 Å². The van der Waals surface area contributed by atoms with Gasteiger partial charge in [-0.2, -0.15) is 5.10 Å². The Morgan fingerprint density at radius 3 is 2.71 bits per heavy atom. The maximum absolute atomic E-state index is 11.9. The molecule has 2 aromatic rings. The minimum Gasteiger partial charge on any atom is -0.383 e. The van der Waals surface area contributed by atoms with Gasteiger partial charge in [0.1, 0.15) is 5.82 Å². The van der Waals surface area contributed by atoms with Crippen LogP contribution in [-0.2, 0) is 16.4 Å². The van der Waals surface area contributed by atoms with Gasteiger partial charge in [-0.05, 0) is 24.6 Å². The lowest BCUT2D eigenvalue weighted by Gasteiger charge is -2.05. The summed E-state index contributed by atoms with van der Waals surface area (Å²) in [5.74, 6) is 0.396. The summed E-state index contributed by atoms with van der Waals surface area (Å²) in [7, 11) is -3.46. The number of hydrogen-bond acceptors (Lipinski definition) is 5. The molecule has 1 aromatic heterocycles. The summed E-state index contributed by atoms with van der Waals surface area (Å²) in [5.41, 5.74) is 6.84. The summed E-state index contributed by atoms with van der Waals surface area (Å²) < 4.78 is 25.2. The van der Waals surface area contributed by atoms with E-state index in [2.05, 4.69) is 10.4 Å². The first kappa shape index (κ1) is 15.7. The molecule has 0 saturated heterocycles. The van der Waals surface area contributed by atoms with E-state index < -0.39 is 9.84 Å². The fourth-order valence-corrected chi connectivity index (χ4v) is 3.20. The zero-order chi connectivity index (χ0) is 15.6. The van der Waals surface area contributed by atoms with Crippen molar-refractivity contribution < 1.29 is 8.42 Å². The molecule has 0 atom stereocenters. The van der Waals surface area contributed by atoms with Crippen molar-refractivity contribution in [3.63, 3.8) is 0 Å². The van der Waals surface area contributed by atoms with Gasteiger partial charge in [0.15, 0.2) is 20.6 Å². The number of rotatable bonds is 5. The number of halogens is 1. The normalized spacial score (nSPS) is 11.6. The van der Waals surface area contributed by atoms with Crippen molar-refractivity contribution in [3.8, 4) is 0 Å². The van der Waals surface area contributed by atoms with E-state index in [0.29, 0.717) is 18.1 Å². The Balaban J connectivity index is 2.46. The minimum atomic E-state index is -3.46. The summed E-state index contributed by atoms with van der Waals surface area (Å²) >= 11 is 5.94. The molecule has 0 saturated carbocycles. The molecule has 21 heavy (non-hydrogen) atoms. The number of aromatic nitrogens is 2. The van der Waals surface area contributed by atoms with E-state index in [1.54, 1.807) is 12.1 Å². The maximum atomic E-state index is 11.9. The van der Waals surface area contributed by atoms with Crippen LogP contribution < -0.4 is 11.1 Å². The molecule has 0 fully saturated rings. The Morgan fingerprint density at radius 1 is 1.43 bits per heavy atom. The second-order valence-corrected chi connectivity index (χ2v) is 7.04. The van der Waals surface area contributed by atoms with Gasteiger partial charge in [0.25, 0.3) is 0 Å². The molecular formula is C13H17ClN4O2S. The van der Waals surface area contributed by atoms with Crippen molar-refractivity contribution in [3.05, 3.63) is 34.9 Å². The van der Waals surface area contributed by atoms with E-state index in [1.807, 2.05) is 19.1 Å². The second kappa shape index (κ2) is 5.95. The molecular weight excluding hydrogens is 312 g/mol. The van der Waals surface area contributed by atoms with Crippen LogP contribution in [0.1, 0.15) is 12.5 Å². The van der Waals surface area contributed by atoms with Crippen molar-refractivity contribution in [1.82, 2.24) is 9.78 Å². The lowest BCUT2D eigenvalue weighted by molar-refractivity contribution is 0.602. The Kier molecular flexibility index (Phi) is 4.43. The van der Waals surface area contributed by atoms with Crippen LogP contribution in [0.2, 0.25) is 5.02 Å². The summed E-state index contributed by atoms with van der Waals surface area (Å²) in [6, 6.07) is 7.25. The molecule has 2 rings (SSSR count). The van der Waals surface area contributed by atoms with Gasteiger partial charge in [-0.25, -0.2) is 13.1 Å². The van der Waals surface area contributed by atoms with Gasteiger partial charge in [-0.15, -0.1) is 0 Å². The Hall–Kier alpha value is -1.73. The van der Waals surface area contributed by atoms with Gasteiger partial charge in [-0.1, -0.05) is 23.7 Å². The third kappa shape index (κ3) is 3.48. The number of nitrogen functional groups attached to an aromatic ring is 1. The fraction of sp³-hybridized carbons (Fsp3) is 0.308. The molecule has 0 radical (unpaired) electrons. The molecule has 0 aliphatic carbocycles. The predicted molar refractivity (Wildman–Crippen MR) is 84.5 cm³/mol. The molecule has 0 unspecified atom stereocenters. The van der Waals surface area contributed by atoms with Crippen LogP contribution >= 0.6 is 11.6 Å². The molecule has 6 nitrogen and oxygen atoms in total. The molecule has 1 heterocycles. The summed E-state index contributed by atoms with van der Waals surface area (Å²) in [5, 5.41) is 7.78. The van der Waals surface area contributed by atoms with Gasteiger partial charge in [0.05, 0.1) is 6.54 Å². The highest BCUT2D eigenvalue weighted by atomic mass is 35.5. The van der Waals surface area contributed by atoms with Crippen LogP contribution in [-0.4, -0.2) is 31.0 Å². The van der Waals surface area contributed by atoms with Crippen LogP contribution in [0.15, 0.2) is 29.2 Å². The maximum Gasteiger partial charge on any atom is 0.182 e. The van der Waals surface area contributed by atoms with Gasteiger partial charge < -0.3 is 11.1 Å². The van der Waals surface area contributed by atoms with Crippen molar-refractivity contribution in [2.45, 2.75) is 18.4 Å². The topological polar surface area (TPSA) is 90.0 Å². The van der Waals surface area contributed by atoms with Crippen LogP contribution in [0.5, 0.6) is 0 Å².